The van der Waals surface area contributed by atoms with Crippen LogP contribution in [0.1, 0.15) is 39.0 Å². The van der Waals surface area contributed by atoms with Gasteiger partial charge in [0.05, 0.1) is 27.3 Å². The maximum atomic E-state index is 14.5. The van der Waals surface area contributed by atoms with Crippen molar-refractivity contribution in [2.75, 3.05) is 38.2 Å². The normalized spacial score (nSPS) is 29.3. The minimum absolute atomic E-state index is 0.0674. The third kappa shape index (κ3) is 4.69. The van der Waals surface area contributed by atoms with E-state index in [0.29, 0.717) is 43.1 Å². The quantitative estimate of drug-likeness (QED) is 0.307. The first-order valence-corrected chi connectivity index (χ1v) is 14.5. The fourth-order valence-corrected chi connectivity index (χ4v) is 9.25. The highest BCUT2D eigenvalue weighted by molar-refractivity contribution is 8.02. The Morgan fingerprint density at radius 2 is 1.87 bits per heavy atom. The maximum absolute atomic E-state index is 14.5. The molecule has 0 aliphatic carbocycles. The van der Waals surface area contributed by atoms with Crippen molar-refractivity contribution in [3.8, 4) is 0 Å². The van der Waals surface area contributed by atoms with Gasteiger partial charge in [0.1, 0.15) is 6.04 Å². The number of anilines is 1. The number of thioether (sulfide) groups is 1. The minimum atomic E-state index is -0.723. The number of fused-ring (bicyclic) bond motifs is 1. The van der Waals surface area contributed by atoms with Crippen molar-refractivity contribution in [3.05, 3.63) is 54.6 Å². The zero-order chi connectivity index (χ0) is 27.7. The predicted octanol–water partition coefficient (Wildman–Crippen LogP) is 4.15. The van der Waals surface area contributed by atoms with E-state index < -0.39 is 27.4 Å². The highest BCUT2D eigenvalue weighted by Crippen LogP contribution is 2.71. The molecule has 1 aromatic carbocycles. The molecular formula is C29H38ClN3O4S. The van der Waals surface area contributed by atoms with Gasteiger partial charge in [0, 0.05) is 38.0 Å². The summed E-state index contributed by atoms with van der Waals surface area (Å²) in [5.74, 6) is -1.46. The molecule has 7 nitrogen and oxygen atoms in total. The van der Waals surface area contributed by atoms with Crippen LogP contribution in [0.15, 0.2) is 49.6 Å². The molecule has 3 aliphatic rings. The molecule has 0 saturated carbocycles. The summed E-state index contributed by atoms with van der Waals surface area (Å²) in [7, 11) is 1.74. The lowest BCUT2D eigenvalue weighted by Gasteiger charge is -2.38. The Morgan fingerprint density at radius 1 is 1.16 bits per heavy atom. The van der Waals surface area contributed by atoms with Crippen molar-refractivity contribution >= 4 is 46.8 Å². The largest absolute Gasteiger partial charge is 0.396 e. The van der Waals surface area contributed by atoms with Crippen LogP contribution in [0.5, 0.6) is 0 Å². The van der Waals surface area contributed by atoms with Gasteiger partial charge in [-0.1, -0.05) is 35.9 Å². The van der Waals surface area contributed by atoms with Crippen LogP contribution in [-0.4, -0.2) is 81.5 Å². The second-order valence-corrected chi connectivity index (χ2v) is 13.0. The molecule has 5 atom stereocenters. The van der Waals surface area contributed by atoms with Crippen molar-refractivity contribution in [2.24, 2.45) is 11.8 Å². The van der Waals surface area contributed by atoms with Gasteiger partial charge in [-0.15, -0.1) is 24.9 Å². The number of benzene rings is 1. The van der Waals surface area contributed by atoms with Gasteiger partial charge in [-0.2, -0.15) is 0 Å². The van der Waals surface area contributed by atoms with E-state index in [4.69, 9.17) is 11.6 Å². The molecular weight excluding hydrogens is 522 g/mol. The summed E-state index contributed by atoms with van der Waals surface area (Å²) in [5, 5.41) is 9.70. The highest BCUT2D eigenvalue weighted by Gasteiger charge is 2.77. The van der Waals surface area contributed by atoms with Crippen LogP contribution < -0.4 is 4.90 Å². The Morgan fingerprint density at radius 3 is 2.53 bits per heavy atom. The molecule has 206 valence electrons. The molecule has 1 spiro atoms. The average Bonchev–Trinajstić information content (AvgIpc) is 3.46. The van der Waals surface area contributed by atoms with Crippen molar-refractivity contribution < 1.29 is 19.5 Å². The Kier molecular flexibility index (Phi) is 8.65. The van der Waals surface area contributed by atoms with Gasteiger partial charge in [-0.3, -0.25) is 14.4 Å². The summed E-state index contributed by atoms with van der Waals surface area (Å²) in [6.07, 6.45) is 6.85. The fourth-order valence-electron chi connectivity index (χ4n) is 6.67. The van der Waals surface area contributed by atoms with Crippen LogP contribution >= 0.6 is 23.4 Å². The molecule has 3 aliphatic heterocycles. The van der Waals surface area contributed by atoms with E-state index in [2.05, 4.69) is 20.1 Å². The molecule has 2 unspecified atom stereocenters. The van der Waals surface area contributed by atoms with E-state index in [1.165, 1.54) is 0 Å². The van der Waals surface area contributed by atoms with Gasteiger partial charge in [0.25, 0.3) is 5.91 Å². The van der Waals surface area contributed by atoms with Gasteiger partial charge in [-0.25, -0.2) is 0 Å². The summed E-state index contributed by atoms with van der Waals surface area (Å²) < 4.78 is -1.13. The fraction of sp³-hybridized carbons (Fsp3) is 0.552. The maximum Gasteiger partial charge on any atom is 0.251 e. The third-order valence-corrected chi connectivity index (χ3v) is 10.6. The second-order valence-electron chi connectivity index (χ2n) is 10.7. The first-order valence-electron chi connectivity index (χ1n) is 13.3. The number of likely N-dealkylation sites (N-methyl/N-ethyl adjacent to an activating group) is 1. The van der Waals surface area contributed by atoms with Gasteiger partial charge in [-0.05, 0) is 51.2 Å². The van der Waals surface area contributed by atoms with Crippen molar-refractivity contribution in [3.63, 3.8) is 0 Å². The predicted molar refractivity (Wildman–Crippen MR) is 153 cm³/mol. The molecule has 9 heteroatoms. The molecule has 3 fully saturated rings. The molecule has 1 N–H and O–H groups in total. The number of hydrogen-bond donors (Lipinski definition) is 1. The molecule has 3 saturated heterocycles. The molecule has 3 amide bonds. The summed E-state index contributed by atoms with van der Waals surface area (Å²) in [6, 6.07) is 6.47. The molecule has 2 bridgehead atoms. The lowest BCUT2D eigenvalue weighted by atomic mass is 9.66. The van der Waals surface area contributed by atoms with E-state index in [-0.39, 0.29) is 30.9 Å². The number of likely N-dealkylation sites (tertiary alicyclic amines) is 1. The van der Waals surface area contributed by atoms with Crippen LogP contribution in [0.4, 0.5) is 5.69 Å². The lowest BCUT2D eigenvalue weighted by Crippen LogP contribution is -2.55. The van der Waals surface area contributed by atoms with E-state index in [0.717, 1.165) is 12.8 Å². The van der Waals surface area contributed by atoms with Crippen molar-refractivity contribution in [1.82, 2.24) is 9.80 Å². The summed E-state index contributed by atoms with van der Waals surface area (Å²) in [4.78, 5) is 47.5. The van der Waals surface area contributed by atoms with E-state index in [1.54, 1.807) is 57.8 Å². The second kappa shape index (κ2) is 11.4. The Balaban J connectivity index is 1.78. The van der Waals surface area contributed by atoms with E-state index in [1.807, 2.05) is 12.1 Å². The Hall–Kier alpha value is -2.29. The summed E-state index contributed by atoms with van der Waals surface area (Å²) >= 11 is 8.20. The average molecular weight is 560 g/mol. The van der Waals surface area contributed by atoms with Gasteiger partial charge >= 0.3 is 0 Å². The van der Waals surface area contributed by atoms with Crippen LogP contribution in [0.25, 0.3) is 0 Å². The topological polar surface area (TPSA) is 81.2 Å². The number of halogens is 1. The Labute approximate surface area is 234 Å². The first kappa shape index (κ1) is 28.7. The zero-order valence-corrected chi connectivity index (χ0v) is 23.8. The lowest BCUT2D eigenvalue weighted by molar-refractivity contribution is -0.144. The number of unbranched alkanes of at least 4 members (excludes halogenated alkanes) is 2. The van der Waals surface area contributed by atoms with Crippen molar-refractivity contribution in [2.45, 2.75) is 54.6 Å². The SMILES string of the molecule is C=CCN(C)C(=O)[C@@H]1[C@H]2C(=O)N(CCCCCO)C(C(=O)N(CC=C)c3ccccc3Cl)C23CC[C@@]1(C)S3. The molecule has 1 aromatic rings. The highest BCUT2D eigenvalue weighted by atomic mass is 35.5. The summed E-state index contributed by atoms with van der Waals surface area (Å²) in [5.41, 5.74) is 0.577. The number of carbonyl (C=O) groups excluding carboxylic acids is 3. The van der Waals surface area contributed by atoms with Crippen LogP contribution in [0.2, 0.25) is 5.02 Å². The number of para-hydroxylation sites is 1. The number of rotatable bonds is 12. The molecule has 38 heavy (non-hydrogen) atoms. The monoisotopic (exact) mass is 559 g/mol. The molecule has 3 heterocycles. The number of aliphatic hydroxyl groups is 1. The standard InChI is InChI=1S/C29H38ClN3O4S/c1-5-16-31(4)25(35)22-23-26(36)33(18-10-7-11-19-34)24(29(23)15-14-28(22,3)38-29)27(37)32(17-6-2)21-13-9-8-12-20(21)30/h5-6,8-9,12-13,22-24,34H,1-2,7,10-11,14-19H2,3-4H3/t22-,23-,24?,28+,29?/m0/s1. The van der Waals surface area contributed by atoms with Crippen LogP contribution in [0.3, 0.4) is 0 Å². The number of aliphatic hydroxyl groups excluding tert-OH is 1. The van der Waals surface area contributed by atoms with Crippen LogP contribution in [0, 0.1) is 11.8 Å². The van der Waals surface area contributed by atoms with E-state index >= 15 is 0 Å². The Bertz CT molecular complexity index is 1120. The van der Waals surface area contributed by atoms with E-state index in [9.17, 15) is 19.5 Å². The first-order chi connectivity index (χ1) is 18.2. The molecule has 4 rings (SSSR count). The number of nitrogens with zero attached hydrogens (tertiary/aromatic N) is 3. The van der Waals surface area contributed by atoms with Crippen molar-refractivity contribution in [1.29, 1.82) is 0 Å². The number of carbonyl (C=O) groups is 3. The van der Waals surface area contributed by atoms with Gasteiger partial charge in [0.2, 0.25) is 11.8 Å². The number of amides is 3. The number of hydrogen-bond acceptors (Lipinski definition) is 5. The molecule has 0 aromatic heterocycles. The summed E-state index contributed by atoms with van der Waals surface area (Å²) in [6.45, 7) is 10.8. The van der Waals surface area contributed by atoms with Gasteiger partial charge < -0.3 is 19.8 Å². The minimum Gasteiger partial charge on any atom is -0.396 e. The van der Waals surface area contributed by atoms with Gasteiger partial charge in [0.15, 0.2) is 0 Å². The zero-order valence-electron chi connectivity index (χ0n) is 22.3. The smallest absolute Gasteiger partial charge is 0.251 e. The molecule has 0 radical (unpaired) electrons. The third-order valence-electron chi connectivity index (χ3n) is 8.33. The van der Waals surface area contributed by atoms with Crippen LogP contribution in [-0.2, 0) is 14.4 Å².